The molecule has 0 aromatic heterocycles. The van der Waals surface area contributed by atoms with Gasteiger partial charge in [0.25, 0.3) is 0 Å². The third kappa shape index (κ3) is 6.81. The van der Waals surface area contributed by atoms with Crippen LogP contribution in [0.3, 0.4) is 0 Å². The SMILES string of the molecule is C=CCOc1cccc(NC(=O)NCC(C)(C)CCO)c1. The molecule has 0 unspecified atom stereocenters. The summed E-state index contributed by atoms with van der Waals surface area (Å²) in [5.74, 6) is 0.674. The maximum absolute atomic E-state index is 11.8. The molecule has 1 aromatic rings. The number of carbonyl (C=O) groups excluding carboxylic acids is 1. The first-order chi connectivity index (χ1) is 9.96. The molecular formula is C16H24N2O3. The van der Waals surface area contributed by atoms with Crippen molar-refractivity contribution in [3.8, 4) is 5.75 Å². The Morgan fingerprint density at radius 3 is 2.90 bits per heavy atom. The lowest BCUT2D eigenvalue weighted by Crippen LogP contribution is -2.37. The van der Waals surface area contributed by atoms with E-state index in [9.17, 15) is 4.79 Å². The summed E-state index contributed by atoms with van der Waals surface area (Å²) in [6.07, 6.45) is 2.30. The first kappa shape index (κ1) is 17.0. The minimum Gasteiger partial charge on any atom is -0.489 e. The number of hydrogen-bond acceptors (Lipinski definition) is 3. The molecule has 0 bridgehead atoms. The zero-order valence-corrected chi connectivity index (χ0v) is 12.7. The highest BCUT2D eigenvalue weighted by molar-refractivity contribution is 5.89. The molecule has 0 aliphatic heterocycles. The first-order valence-corrected chi connectivity index (χ1v) is 6.96. The van der Waals surface area contributed by atoms with Crippen LogP contribution in [0.4, 0.5) is 10.5 Å². The van der Waals surface area contributed by atoms with Crippen LogP contribution in [0, 0.1) is 5.41 Å². The van der Waals surface area contributed by atoms with E-state index in [1.54, 1.807) is 18.2 Å². The van der Waals surface area contributed by atoms with E-state index in [0.29, 0.717) is 31.0 Å². The van der Waals surface area contributed by atoms with Crippen LogP contribution in [-0.2, 0) is 0 Å². The second kappa shape index (κ2) is 8.32. The van der Waals surface area contributed by atoms with E-state index in [4.69, 9.17) is 9.84 Å². The van der Waals surface area contributed by atoms with E-state index in [1.807, 2.05) is 26.0 Å². The number of amides is 2. The third-order valence-electron chi connectivity index (χ3n) is 2.98. The average molecular weight is 292 g/mol. The van der Waals surface area contributed by atoms with Crippen molar-refractivity contribution in [3.63, 3.8) is 0 Å². The molecule has 0 aliphatic carbocycles. The van der Waals surface area contributed by atoms with Gasteiger partial charge in [-0.1, -0.05) is 32.6 Å². The Bertz CT molecular complexity index is 472. The number of benzene rings is 1. The number of nitrogens with one attached hydrogen (secondary N) is 2. The zero-order chi connectivity index (χ0) is 15.7. The van der Waals surface area contributed by atoms with Gasteiger partial charge in [-0.3, -0.25) is 0 Å². The van der Waals surface area contributed by atoms with Gasteiger partial charge in [0.1, 0.15) is 12.4 Å². The highest BCUT2D eigenvalue weighted by Gasteiger charge is 2.18. The number of aliphatic hydroxyl groups excluding tert-OH is 1. The topological polar surface area (TPSA) is 70.6 Å². The van der Waals surface area contributed by atoms with Gasteiger partial charge in [-0.2, -0.15) is 0 Å². The summed E-state index contributed by atoms with van der Waals surface area (Å²) >= 11 is 0. The van der Waals surface area contributed by atoms with Crippen molar-refractivity contribution in [2.45, 2.75) is 20.3 Å². The molecule has 3 N–H and O–H groups in total. The number of urea groups is 1. The van der Waals surface area contributed by atoms with E-state index in [1.165, 1.54) is 0 Å². The molecule has 5 nitrogen and oxygen atoms in total. The van der Waals surface area contributed by atoms with Crippen LogP contribution < -0.4 is 15.4 Å². The van der Waals surface area contributed by atoms with Gasteiger partial charge in [0.2, 0.25) is 0 Å². The second-order valence-electron chi connectivity index (χ2n) is 5.57. The lowest BCUT2D eigenvalue weighted by Gasteiger charge is -2.23. The molecule has 1 rings (SSSR count). The van der Waals surface area contributed by atoms with Gasteiger partial charge in [-0.05, 0) is 24.0 Å². The normalized spacial score (nSPS) is 10.8. The Labute approximate surface area is 126 Å². The number of hydrogen-bond donors (Lipinski definition) is 3. The molecule has 0 aliphatic rings. The molecule has 5 heteroatoms. The average Bonchev–Trinajstić information content (AvgIpc) is 2.43. The molecule has 0 saturated carbocycles. The van der Waals surface area contributed by atoms with E-state index in [2.05, 4.69) is 17.2 Å². The Morgan fingerprint density at radius 2 is 2.24 bits per heavy atom. The number of ether oxygens (including phenoxy) is 1. The Balaban J connectivity index is 2.49. The van der Waals surface area contributed by atoms with Crippen molar-refractivity contribution in [1.29, 1.82) is 0 Å². The Hall–Kier alpha value is -2.01. The standard InChI is InChI=1S/C16H24N2O3/c1-4-10-21-14-7-5-6-13(11-14)18-15(20)17-12-16(2,3)8-9-19/h4-7,11,19H,1,8-10,12H2,2-3H3,(H2,17,18,20). The van der Waals surface area contributed by atoms with Crippen LogP contribution in [0.15, 0.2) is 36.9 Å². The summed E-state index contributed by atoms with van der Waals surface area (Å²) in [5.41, 5.74) is 0.523. The molecular weight excluding hydrogens is 268 g/mol. The zero-order valence-electron chi connectivity index (χ0n) is 12.7. The number of aliphatic hydroxyl groups is 1. The highest BCUT2D eigenvalue weighted by Crippen LogP contribution is 2.19. The molecule has 0 atom stereocenters. The summed E-state index contributed by atoms with van der Waals surface area (Å²) in [6, 6.07) is 6.89. The molecule has 0 saturated heterocycles. The summed E-state index contributed by atoms with van der Waals surface area (Å²) in [6.45, 7) is 8.60. The Kier molecular flexibility index (Phi) is 6.75. The van der Waals surface area contributed by atoms with Gasteiger partial charge in [0.05, 0.1) is 0 Å². The van der Waals surface area contributed by atoms with E-state index >= 15 is 0 Å². The highest BCUT2D eigenvalue weighted by atomic mass is 16.5. The van der Waals surface area contributed by atoms with Crippen molar-refractivity contribution in [3.05, 3.63) is 36.9 Å². The van der Waals surface area contributed by atoms with Gasteiger partial charge in [0, 0.05) is 24.9 Å². The lowest BCUT2D eigenvalue weighted by atomic mass is 9.90. The van der Waals surface area contributed by atoms with Crippen LogP contribution in [0.5, 0.6) is 5.75 Å². The second-order valence-corrected chi connectivity index (χ2v) is 5.57. The van der Waals surface area contributed by atoms with Crippen LogP contribution in [0.25, 0.3) is 0 Å². The monoisotopic (exact) mass is 292 g/mol. The van der Waals surface area contributed by atoms with Gasteiger partial charge in [-0.15, -0.1) is 0 Å². The first-order valence-electron chi connectivity index (χ1n) is 6.96. The summed E-state index contributed by atoms with van der Waals surface area (Å²) in [4.78, 5) is 11.8. The molecule has 1 aromatic carbocycles. The molecule has 116 valence electrons. The number of rotatable bonds is 8. The molecule has 0 heterocycles. The van der Waals surface area contributed by atoms with Gasteiger partial charge in [0.15, 0.2) is 0 Å². The van der Waals surface area contributed by atoms with Crippen LogP contribution in [0.2, 0.25) is 0 Å². The number of anilines is 1. The maximum atomic E-state index is 11.8. The van der Waals surface area contributed by atoms with Crippen molar-refractivity contribution in [2.24, 2.45) is 5.41 Å². The van der Waals surface area contributed by atoms with E-state index in [0.717, 1.165) is 0 Å². The minimum absolute atomic E-state index is 0.110. The summed E-state index contributed by atoms with van der Waals surface area (Å²) in [7, 11) is 0. The maximum Gasteiger partial charge on any atom is 0.319 e. The fourth-order valence-corrected chi connectivity index (χ4v) is 1.70. The predicted molar refractivity (Wildman–Crippen MR) is 84.6 cm³/mol. The van der Waals surface area contributed by atoms with Crippen LogP contribution in [-0.4, -0.2) is 30.9 Å². The van der Waals surface area contributed by atoms with Crippen molar-refractivity contribution in [1.82, 2.24) is 5.32 Å². The molecule has 0 radical (unpaired) electrons. The number of carbonyl (C=O) groups is 1. The largest absolute Gasteiger partial charge is 0.489 e. The quantitative estimate of drug-likeness (QED) is 0.645. The summed E-state index contributed by atoms with van der Waals surface area (Å²) < 4.78 is 5.41. The molecule has 0 spiro atoms. The van der Waals surface area contributed by atoms with Crippen LogP contribution in [0.1, 0.15) is 20.3 Å². The third-order valence-corrected chi connectivity index (χ3v) is 2.98. The predicted octanol–water partition coefficient (Wildman–Crippen LogP) is 2.78. The van der Waals surface area contributed by atoms with Gasteiger partial charge < -0.3 is 20.5 Å². The molecule has 0 fully saturated rings. The fourth-order valence-electron chi connectivity index (χ4n) is 1.70. The van der Waals surface area contributed by atoms with E-state index < -0.39 is 0 Å². The molecule has 2 amide bonds. The Morgan fingerprint density at radius 1 is 1.48 bits per heavy atom. The van der Waals surface area contributed by atoms with Gasteiger partial charge >= 0.3 is 6.03 Å². The van der Waals surface area contributed by atoms with E-state index in [-0.39, 0.29) is 18.1 Å². The van der Waals surface area contributed by atoms with Gasteiger partial charge in [-0.25, -0.2) is 4.79 Å². The van der Waals surface area contributed by atoms with Crippen molar-refractivity contribution >= 4 is 11.7 Å². The van der Waals surface area contributed by atoms with Crippen molar-refractivity contribution in [2.75, 3.05) is 25.1 Å². The fraction of sp³-hybridized carbons (Fsp3) is 0.438. The van der Waals surface area contributed by atoms with Crippen LogP contribution >= 0.6 is 0 Å². The summed E-state index contributed by atoms with van der Waals surface area (Å²) in [5, 5.41) is 14.5. The molecule has 21 heavy (non-hydrogen) atoms. The lowest BCUT2D eigenvalue weighted by molar-refractivity contribution is 0.204. The minimum atomic E-state index is -0.276. The smallest absolute Gasteiger partial charge is 0.319 e. The van der Waals surface area contributed by atoms with Crippen molar-refractivity contribution < 1.29 is 14.6 Å².